The minimum atomic E-state index is -0.169. The molecule has 0 aliphatic carbocycles. The van der Waals surface area contributed by atoms with Gasteiger partial charge in [-0.25, -0.2) is 0 Å². The minimum absolute atomic E-state index is 0.169. The van der Waals surface area contributed by atoms with E-state index in [1.165, 1.54) is 10.5 Å². The predicted octanol–water partition coefficient (Wildman–Crippen LogP) is 2.62. The van der Waals surface area contributed by atoms with E-state index in [2.05, 4.69) is 11.1 Å². The van der Waals surface area contributed by atoms with Gasteiger partial charge in [-0.1, -0.05) is 30.3 Å². The fourth-order valence-corrected chi connectivity index (χ4v) is 2.75. The van der Waals surface area contributed by atoms with Gasteiger partial charge in [-0.05, 0) is 12.5 Å². The third-order valence-corrected chi connectivity index (χ3v) is 3.60. The molecule has 0 spiro atoms. The lowest BCUT2D eigenvalue weighted by molar-refractivity contribution is 0.181. The Morgan fingerprint density at radius 1 is 1.32 bits per heavy atom. The lowest BCUT2D eigenvalue weighted by Gasteiger charge is -2.05. The van der Waals surface area contributed by atoms with Crippen molar-refractivity contribution in [2.45, 2.75) is 13.5 Å². The molecule has 22 heavy (non-hydrogen) atoms. The first kappa shape index (κ1) is 14.1. The normalized spacial score (nSPS) is 10.8. The van der Waals surface area contributed by atoms with Crippen LogP contribution in [-0.2, 0) is 11.3 Å². The Morgan fingerprint density at radius 2 is 2.05 bits per heavy atom. The smallest absolute Gasteiger partial charge is 0.258 e. The molecule has 0 aliphatic heterocycles. The molecule has 2 aromatic heterocycles. The summed E-state index contributed by atoms with van der Waals surface area (Å²) in [7, 11) is 1.57. The van der Waals surface area contributed by atoms with Crippen LogP contribution in [0.2, 0.25) is 0 Å². The number of nitriles is 1. The number of H-pyrrole nitrogens is 1. The molecule has 0 bridgehead atoms. The van der Waals surface area contributed by atoms with E-state index in [1.807, 2.05) is 30.3 Å². The quantitative estimate of drug-likeness (QED) is 0.807. The first-order valence-electron chi connectivity index (χ1n) is 6.89. The molecule has 0 unspecified atom stereocenters. The number of ether oxygens (including phenoxy) is 1. The molecule has 3 rings (SSSR count). The van der Waals surface area contributed by atoms with Crippen molar-refractivity contribution in [1.29, 1.82) is 5.26 Å². The fraction of sp³-hybridized carbons (Fsp3) is 0.176. The van der Waals surface area contributed by atoms with Gasteiger partial charge < -0.3 is 9.72 Å². The van der Waals surface area contributed by atoms with Crippen molar-refractivity contribution in [3.8, 4) is 17.2 Å². The van der Waals surface area contributed by atoms with E-state index in [1.54, 1.807) is 14.0 Å². The van der Waals surface area contributed by atoms with Gasteiger partial charge in [-0.2, -0.15) is 5.26 Å². The summed E-state index contributed by atoms with van der Waals surface area (Å²) >= 11 is 0. The number of hydrogen-bond acceptors (Lipinski definition) is 3. The highest BCUT2D eigenvalue weighted by atomic mass is 16.5. The summed E-state index contributed by atoms with van der Waals surface area (Å²) in [5, 5.41) is 9.61. The van der Waals surface area contributed by atoms with Crippen molar-refractivity contribution in [1.82, 2.24) is 9.38 Å². The predicted molar refractivity (Wildman–Crippen MR) is 83.6 cm³/mol. The van der Waals surface area contributed by atoms with Gasteiger partial charge >= 0.3 is 0 Å². The van der Waals surface area contributed by atoms with Gasteiger partial charge in [0.1, 0.15) is 17.3 Å². The van der Waals surface area contributed by atoms with E-state index in [9.17, 15) is 10.1 Å². The molecule has 5 heteroatoms. The van der Waals surface area contributed by atoms with Crippen LogP contribution in [0.1, 0.15) is 17.0 Å². The average molecular weight is 293 g/mol. The molecule has 0 saturated carbocycles. The Labute approximate surface area is 127 Å². The van der Waals surface area contributed by atoms with Crippen molar-refractivity contribution >= 4 is 5.65 Å². The summed E-state index contributed by atoms with van der Waals surface area (Å²) in [6.07, 6.45) is 0. The highest BCUT2D eigenvalue weighted by Crippen LogP contribution is 2.31. The van der Waals surface area contributed by atoms with E-state index in [0.717, 1.165) is 16.8 Å². The van der Waals surface area contributed by atoms with Crippen LogP contribution in [0.5, 0.6) is 0 Å². The summed E-state index contributed by atoms with van der Waals surface area (Å²) in [5.74, 6) is 0. The Morgan fingerprint density at radius 3 is 2.68 bits per heavy atom. The van der Waals surface area contributed by atoms with E-state index in [0.29, 0.717) is 16.9 Å². The second-order valence-electron chi connectivity index (χ2n) is 5.08. The van der Waals surface area contributed by atoms with E-state index < -0.39 is 0 Å². The number of fused-ring (bicyclic) bond motifs is 1. The average Bonchev–Trinajstić information content (AvgIpc) is 2.82. The van der Waals surface area contributed by atoms with Gasteiger partial charge in [0.2, 0.25) is 0 Å². The SMILES string of the molecule is COCc1c(-c2ccccc2)c(C#N)c2[nH]c(C)cc(=O)n12. The van der Waals surface area contributed by atoms with E-state index in [-0.39, 0.29) is 12.2 Å². The number of nitrogens with one attached hydrogen (secondary N) is 1. The first-order chi connectivity index (χ1) is 10.7. The lowest BCUT2D eigenvalue weighted by atomic mass is 10.0. The number of aryl methyl sites for hydroxylation is 1. The molecule has 0 amide bonds. The number of benzene rings is 1. The molecule has 0 saturated heterocycles. The largest absolute Gasteiger partial charge is 0.378 e. The minimum Gasteiger partial charge on any atom is -0.378 e. The second kappa shape index (κ2) is 5.51. The topological polar surface area (TPSA) is 70.3 Å². The third kappa shape index (κ3) is 2.10. The Bertz CT molecular complexity index is 930. The fourth-order valence-electron chi connectivity index (χ4n) is 2.75. The monoisotopic (exact) mass is 293 g/mol. The van der Waals surface area contributed by atoms with Gasteiger partial charge in [0.05, 0.1) is 12.3 Å². The van der Waals surface area contributed by atoms with E-state index >= 15 is 0 Å². The zero-order valence-electron chi connectivity index (χ0n) is 12.4. The maximum absolute atomic E-state index is 12.4. The highest BCUT2D eigenvalue weighted by molar-refractivity contribution is 5.81. The van der Waals surface area contributed by atoms with Crippen LogP contribution >= 0.6 is 0 Å². The first-order valence-corrected chi connectivity index (χ1v) is 6.89. The maximum Gasteiger partial charge on any atom is 0.258 e. The van der Waals surface area contributed by atoms with Gasteiger partial charge in [0, 0.05) is 24.4 Å². The number of hydrogen-bond donors (Lipinski definition) is 1. The summed E-state index contributed by atoms with van der Waals surface area (Å²) in [6.45, 7) is 2.05. The second-order valence-corrected chi connectivity index (χ2v) is 5.08. The van der Waals surface area contributed by atoms with Gasteiger partial charge in [0.25, 0.3) is 5.56 Å². The van der Waals surface area contributed by atoms with Crippen LogP contribution in [0.15, 0.2) is 41.2 Å². The lowest BCUT2D eigenvalue weighted by Crippen LogP contribution is -2.16. The number of aromatic amines is 1. The number of nitrogens with zero attached hydrogens (tertiary/aromatic N) is 2. The zero-order chi connectivity index (χ0) is 15.7. The third-order valence-electron chi connectivity index (χ3n) is 3.60. The van der Waals surface area contributed by atoms with Gasteiger partial charge in [-0.3, -0.25) is 9.20 Å². The Kier molecular flexibility index (Phi) is 3.53. The number of methoxy groups -OCH3 is 1. The molecule has 5 nitrogen and oxygen atoms in total. The number of aromatic nitrogens is 2. The zero-order valence-corrected chi connectivity index (χ0v) is 12.4. The summed E-state index contributed by atoms with van der Waals surface area (Å²) in [5.41, 5.74) is 3.83. The molecular weight excluding hydrogens is 278 g/mol. The van der Waals surface area contributed by atoms with Crippen LogP contribution in [0.25, 0.3) is 16.8 Å². The van der Waals surface area contributed by atoms with Crippen molar-refractivity contribution in [2.24, 2.45) is 0 Å². The summed E-state index contributed by atoms with van der Waals surface area (Å²) < 4.78 is 6.78. The molecular formula is C17H15N3O2. The maximum atomic E-state index is 12.4. The molecule has 0 radical (unpaired) electrons. The molecule has 2 heterocycles. The van der Waals surface area contributed by atoms with Crippen molar-refractivity contribution in [3.05, 3.63) is 63.7 Å². The van der Waals surface area contributed by atoms with Crippen LogP contribution in [0, 0.1) is 18.3 Å². The highest BCUT2D eigenvalue weighted by Gasteiger charge is 2.21. The van der Waals surface area contributed by atoms with Gasteiger partial charge in [-0.15, -0.1) is 0 Å². The number of rotatable bonds is 3. The molecule has 0 atom stereocenters. The molecule has 3 aromatic rings. The van der Waals surface area contributed by atoms with Crippen LogP contribution in [0.3, 0.4) is 0 Å². The molecule has 0 aliphatic rings. The molecule has 0 fully saturated rings. The Balaban J connectivity index is 2.50. The van der Waals surface area contributed by atoms with Crippen molar-refractivity contribution < 1.29 is 4.74 Å². The van der Waals surface area contributed by atoms with Crippen LogP contribution < -0.4 is 5.56 Å². The van der Waals surface area contributed by atoms with Crippen LogP contribution in [-0.4, -0.2) is 16.5 Å². The molecule has 110 valence electrons. The van der Waals surface area contributed by atoms with Crippen molar-refractivity contribution in [3.63, 3.8) is 0 Å². The van der Waals surface area contributed by atoms with E-state index in [4.69, 9.17) is 4.74 Å². The van der Waals surface area contributed by atoms with Crippen molar-refractivity contribution in [2.75, 3.05) is 7.11 Å². The standard InChI is InChI=1S/C17H15N3O2/c1-11-8-15(21)20-14(10-22-2)16(12-6-4-3-5-7-12)13(9-18)17(20)19-11/h3-8,19H,10H2,1-2H3. The van der Waals surface area contributed by atoms with Gasteiger partial charge in [0.15, 0.2) is 0 Å². The summed E-state index contributed by atoms with van der Waals surface area (Å²) in [4.78, 5) is 15.5. The Hall–Kier alpha value is -2.84. The molecule has 1 N–H and O–H groups in total. The summed E-state index contributed by atoms with van der Waals surface area (Å²) in [6, 6.07) is 13.3. The molecule has 1 aromatic carbocycles. The van der Waals surface area contributed by atoms with Crippen LogP contribution in [0.4, 0.5) is 0 Å².